The molecule has 0 atom stereocenters. The fraction of sp³-hybridized carbons (Fsp3) is 0.308. The number of alkyl carbamates (subject to hydrolysis) is 1. The van der Waals surface area contributed by atoms with Crippen molar-refractivity contribution in [2.24, 2.45) is 0 Å². The number of hydrogen-bond donors (Lipinski definition) is 1. The number of ether oxygens (including phenoxy) is 1. The smallest absolute Gasteiger partial charge is 0.407 e. The van der Waals surface area contributed by atoms with E-state index >= 15 is 0 Å². The average molecular weight is 261 g/mol. The Morgan fingerprint density at radius 3 is 2.79 bits per heavy atom. The summed E-state index contributed by atoms with van der Waals surface area (Å²) in [6.45, 7) is 4.22. The molecular formula is C13H15N3O3. The van der Waals surface area contributed by atoms with Gasteiger partial charge in [-0.1, -0.05) is 35.0 Å². The predicted molar refractivity (Wildman–Crippen MR) is 68.3 cm³/mol. The molecule has 6 heteroatoms. The van der Waals surface area contributed by atoms with Crippen molar-refractivity contribution in [2.45, 2.75) is 20.4 Å². The minimum absolute atomic E-state index is 0.150. The van der Waals surface area contributed by atoms with Crippen LogP contribution < -0.4 is 5.32 Å². The molecule has 0 saturated carbocycles. The largest absolute Gasteiger partial charge is 0.450 e. The molecule has 19 heavy (non-hydrogen) atoms. The highest BCUT2D eigenvalue weighted by Gasteiger charge is 2.09. The average Bonchev–Trinajstić information content (AvgIpc) is 2.86. The molecule has 6 nitrogen and oxygen atoms in total. The van der Waals surface area contributed by atoms with Gasteiger partial charge < -0.3 is 14.6 Å². The first-order valence-electron chi connectivity index (χ1n) is 5.99. The molecule has 1 N–H and O–H groups in total. The zero-order valence-corrected chi connectivity index (χ0v) is 10.8. The molecule has 1 aromatic carbocycles. The van der Waals surface area contributed by atoms with E-state index in [9.17, 15) is 4.79 Å². The number of benzene rings is 1. The monoisotopic (exact) mass is 261 g/mol. The molecule has 1 amide bonds. The summed E-state index contributed by atoms with van der Waals surface area (Å²) in [5, 5.41) is 6.38. The van der Waals surface area contributed by atoms with Crippen molar-refractivity contribution in [1.29, 1.82) is 0 Å². The Kier molecular flexibility index (Phi) is 4.12. The lowest BCUT2D eigenvalue weighted by Crippen LogP contribution is -2.23. The minimum atomic E-state index is -0.502. The van der Waals surface area contributed by atoms with Gasteiger partial charge in [-0.2, -0.15) is 4.98 Å². The van der Waals surface area contributed by atoms with Gasteiger partial charge in [-0.05, 0) is 13.8 Å². The maximum absolute atomic E-state index is 11.1. The Morgan fingerprint density at radius 1 is 1.37 bits per heavy atom. The Balaban J connectivity index is 1.99. The van der Waals surface area contributed by atoms with Gasteiger partial charge in [-0.15, -0.1) is 0 Å². The summed E-state index contributed by atoms with van der Waals surface area (Å²) >= 11 is 0. The second-order valence-corrected chi connectivity index (χ2v) is 3.95. The molecule has 2 aromatic rings. The van der Waals surface area contributed by atoms with Crippen molar-refractivity contribution in [1.82, 2.24) is 15.5 Å². The van der Waals surface area contributed by atoms with Gasteiger partial charge in [0.25, 0.3) is 0 Å². The molecule has 0 radical (unpaired) electrons. The van der Waals surface area contributed by atoms with Crippen molar-refractivity contribution < 1.29 is 14.1 Å². The maximum atomic E-state index is 11.1. The van der Waals surface area contributed by atoms with Gasteiger partial charge in [0.15, 0.2) is 0 Å². The first-order chi connectivity index (χ1) is 9.19. The molecule has 100 valence electrons. The van der Waals surface area contributed by atoms with Gasteiger partial charge in [-0.3, -0.25) is 0 Å². The van der Waals surface area contributed by atoms with Gasteiger partial charge in [0.1, 0.15) is 6.54 Å². The lowest BCUT2D eigenvalue weighted by Gasteiger charge is -2.00. The lowest BCUT2D eigenvalue weighted by molar-refractivity contribution is 0.150. The van der Waals surface area contributed by atoms with Gasteiger partial charge in [-0.25, -0.2) is 4.79 Å². The summed E-state index contributed by atoms with van der Waals surface area (Å²) in [5.41, 5.74) is 2.04. The third kappa shape index (κ3) is 3.54. The minimum Gasteiger partial charge on any atom is -0.450 e. The fourth-order valence-electron chi connectivity index (χ4n) is 1.48. The molecule has 0 aliphatic carbocycles. The van der Waals surface area contributed by atoms with Gasteiger partial charge in [0, 0.05) is 5.56 Å². The maximum Gasteiger partial charge on any atom is 0.407 e. The van der Waals surface area contributed by atoms with E-state index in [4.69, 9.17) is 9.26 Å². The number of amides is 1. The number of hydrogen-bond acceptors (Lipinski definition) is 5. The van der Waals surface area contributed by atoms with Crippen LogP contribution in [0.2, 0.25) is 0 Å². The summed E-state index contributed by atoms with van der Waals surface area (Å²) in [5.74, 6) is 0.837. The molecular weight excluding hydrogens is 246 g/mol. The Morgan fingerprint density at radius 2 is 2.11 bits per heavy atom. The highest BCUT2D eigenvalue weighted by atomic mass is 16.5. The van der Waals surface area contributed by atoms with Crippen LogP contribution in [0.25, 0.3) is 11.4 Å². The zero-order valence-electron chi connectivity index (χ0n) is 10.8. The van der Waals surface area contributed by atoms with E-state index in [1.54, 1.807) is 6.92 Å². The van der Waals surface area contributed by atoms with Crippen LogP contribution in [-0.4, -0.2) is 22.8 Å². The molecule has 0 bridgehead atoms. The SMILES string of the molecule is CCOC(=O)NCc1nc(-c2ccc(C)cc2)no1. The van der Waals surface area contributed by atoms with E-state index in [-0.39, 0.29) is 6.54 Å². The van der Waals surface area contributed by atoms with Crippen molar-refractivity contribution in [2.75, 3.05) is 6.61 Å². The molecule has 2 rings (SSSR count). The molecule has 0 aliphatic rings. The molecule has 1 heterocycles. The van der Waals surface area contributed by atoms with Crippen LogP contribution in [0.15, 0.2) is 28.8 Å². The molecule has 0 unspecified atom stereocenters. The Hall–Kier alpha value is -2.37. The van der Waals surface area contributed by atoms with Crippen molar-refractivity contribution in [3.8, 4) is 11.4 Å². The third-order valence-electron chi connectivity index (χ3n) is 2.44. The first-order valence-corrected chi connectivity index (χ1v) is 5.99. The number of nitrogens with one attached hydrogen (secondary N) is 1. The normalized spacial score (nSPS) is 10.2. The number of aryl methyl sites for hydroxylation is 1. The van der Waals surface area contributed by atoms with Crippen LogP contribution >= 0.6 is 0 Å². The fourth-order valence-corrected chi connectivity index (χ4v) is 1.48. The van der Waals surface area contributed by atoms with Gasteiger partial charge in [0.05, 0.1) is 6.61 Å². The second-order valence-electron chi connectivity index (χ2n) is 3.95. The van der Waals surface area contributed by atoms with E-state index in [0.717, 1.165) is 11.1 Å². The van der Waals surface area contributed by atoms with E-state index in [0.29, 0.717) is 18.3 Å². The van der Waals surface area contributed by atoms with Crippen LogP contribution in [0.5, 0.6) is 0 Å². The van der Waals surface area contributed by atoms with Crippen molar-refractivity contribution in [3.05, 3.63) is 35.7 Å². The molecule has 0 aliphatic heterocycles. The molecule has 0 spiro atoms. The van der Waals surface area contributed by atoms with Gasteiger partial charge >= 0.3 is 6.09 Å². The Bertz CT molecular complexity index is 549. The quantitative estimate of drug-likeness (QED) is 0.913. The number of carbonyl (C=O) groups is 1. The molecule has 0 fully saturated rings. The van der Waals surface area contributed by atoms with Crippen molar-refractivity contribution in [3.63, 3.8) is 0 Å². The number of carbonyl (C=O) groups excluding carboxylic acids is 1. The topological polar surface area (TPSA) is 77.2 Å². The lowest BCUT2D eigenvalue weighted by atomic mass is 10.1. The van der Waals surface area contributed by atoms with Crippen LogP contribution in [0.4, 0.5) is 4.79 Å². The summed E-state index contributed by atoms with van der Waals surface area (Å²) in [6, 6.07) is 7.79. The molecule has 1 aromatic heterocycles. The van der Waals surface area contributed by atoms with Crippen LogP contribution in [0.1, 0.15) is 18.4 Å². The summed E-state index contributed by atoms with van der Waals surface area (Å²) in [7, 11) is 0. The Labute approximate surface area is 110 Å². The first kappa shape index (κ1) is 13.1. The van der Waals surface area contributed by atoms with Crippen LogP contribution in [0, 0.1) is 6.92 Å². The summed E-state index contributed by atoms with van der Waals surface area (Å²) < 4.78 is 9.77. The zero-order chi connectivity index (χ0) is 13.7. The van der Waals surface area contributed by atoms with E-state index in [2.05, 4.69) is 15.5 Å². The second kappa shape index (κ2) is 5.99. The highest BCUT2D eigenvalue weighted by Crippen LogP contribution is 2.16. The molecule has 0 saturated heterocycles. The van der Waals surface area contributed by atoms with E-state index in [1.807, 2.05) is 31.2 Å². The van der Waals surface area contributed by atoms with E-state index < -0.39 is 6.09 Å². The third-order valence-corrected chi connectivity index (χ3v) is 2.44. The predicted octanol–water partition coefficient (Wildman–Crippen LogP) is 2.29. The van der Waals surface area contributed by atoms with Crippen LogP contribution in [-0.2, 0) is 11.3 Å². The van der Waals surface area contributed by atoms with Gasteiger partial charge in [0.2, 0.25) is 11.7 Å². The van der Waals surface area contributed by atoms with Crippen molar-refractivity contribution >= 4 is 6.09 Å². The number of aromatic nitrogens is 2. The standard InChI is InChI=1S/C13H15N3O3/c1-3-18-13(17)14-8-11-15-12(16-19-11)10-6-4-9(2)5-7-10/h4-7H,3,8H2,1-2H3,(H,14,17). The highest BCUT2D eigenvalue weighted by molar-refractivity contribution is 5.66. The summed E-state index contributed by atoms with van der Waals surface area (Å²) in [6.07, 6.45) is -0.502. The van der Waals surface area contributed by atoms with E-state index in [1.165, 1.54) is 0 Å². The van der Waals surface area contributed by atoms with Crippen LogP contribution in [0.3, 0.4) is 0 Å². The summed E-state index contributed by atoms with van der Waals surface area (Å²) in [4.78, 5) is 15.3. The number of rotatable bonds is 4. The number of nitrogens with zero attached hydrogens (tertiary/aromatic N) is 2.